The Bertz CT molecular complexity index is 1190. The summed E-state index contributed by atoms with van der Waals surface area (Å²) in [6.45, 7) is 2.72. The highest BCUT2D eigenvalue weighted by molar-refractivity contribution is 7.89. The molecule has 1 atom stereocenters. The van der Waals surface area contributed by atoms with E-state index < -0.39 is 55.5 Å². The minimum Gasteiger partial charge on any atom is -0.480 e. The molecule has 1 saturated heterocycles. The van der Waals surface area contributed by atoms with Gasteiger partial charge in [0, 0.05) is 12.0 Å². The summed E-state index contributed by atoms with van der Waals surface area (Å²) >= 11 is 0. The minimum absolute atomic E-state index is 0.322. The molecule has 0 aliphatic carbocycles. The van der Waals surface area contributed by atoms with Crippen LogP contribution in [0, 0.1) is 22.6 Å². The zero-order chi connectivity index (χ0) is 23.2. The van der Waals surface area contributed by atoms with E-state index in [0.29, 0.717) is 10.4 Å². The molecule has 0 aromatic heterocycles. The molecule has 1 heterocycles. The smallest absolute Gasteiger partial charge is 0.417 e. The van der Waals surface area contributed by atoms with Gasteiger partial charge in [-0.05, 0) is 36.4 Å². The predicted octanol–water partition coefficient (Wildman–Crippen LogP) is 3.72. The summed E-state index contributed by atoms with van der Waals surface area (Å²) < 4.78 is 84.8. The van der Waals surface area contributed by atoms with Crippen LogP contribution in [0.2, 0.25) is 0 Å². The van der Waals surface area contributed by atoms with Gasteiger partial charge in [-0.1, -0.05) is 19.9 Å². The third-order valence-electron chi connectivity index (χ3n) is 4.79. The maximum Gasteiger partial charge on any atom is 0.417 e. The van der Waals surface area contributed by atoms with Crippen molar-refractivity contribution in [1.29, 1.82) is 5.26 Å². The number of amides is 1. The standard InChI is InChI=1S/C20H16F4N2O4S/c1-19(2)11-26(31(28,29)15-5-3-4-13(21)8-15)18(27)17(19)30-14-7-6-12(10-25)16(9-14)20(22,23)24/h3-9,17H,11H2,1-2H3. The highest BCUT2D eigenvalue weighted by Crippen LogP contribution is 2.39. The van der Waals surface area contributed by atoms with E-state index in [0.717, 1.165) is 30.3 Å². The maximum absolute atomic E-state index is 13.5. The molecule has 2 aromatic carbocycles. The highest BCUT2D eigenvalue weighted by Gasteiger charge is 2.52. The summed E-state index contributed by atoms with van der Waals surface area (Å²) in [5.74, 6) is -2.15. The Morgan fingerprint density at radius 3 is 2.45 bits per heavy atom. The van der Waals surface area contributed by atoms with E-state index in [2.05, 4.69) is 0 Å². The first-order valence-corrected chi connectivity index (χ1v) is 10.3. The van der Waals surface area contributed by atoms with Gasteiger partial charge in [0.15, 0.2) is 6.10 Å². The van der Waals surface area contributed by atoms with Crippen LogP contribution in [0.1, 0.15) is 25.0 Å². The van der Waals surface area contributed by atoms with Crippen molar-refractivity contribution in [1.82, 2.24) is 4.31 Å². The summed E-state index contributed by atoms with van der Waals surface area (Å²) in [6.07, 6.45) is -6.25. The molecule has 164 valence electrons. The Balaban J connectivity index is 1.95. The third-order valence-corrected chi connectivity index (χ3v) is 6.52. The predicted molar refractivity (Wildman–Crippen MR) is 99.7 cm³/mol. The average Bonchev–Trinajstić information content (AvgIpc) is 2.91. The van der Waals surface area contributed by atoms with E-state index in [1.165, 1.54) is 26.0 Å². The van der Waals surface area contributed by atoms with Crippen molar-refractivity contribution in [3.8, 4) is 11.8 Å². The first kappa shape index (κ1) is 22.6. The van der Waals surface area contributed by atoms with Crippen LogP contribution in [0.5, 0.6) is 5.75 Å². The summed E-state index contributed by atoms with van der Waals surface area (Å²) in [7, 11) is -4.41. The summed E-state index contributed by atoms with van der Waals surface area (Å²) in [4.78, 5) is 12.5. The zero-order valence-electron chi connectivity index (χ0n) is 16.3. The number of alkyl halides is 3. The number of nitrogens with zero attached hydrogens (tertiary/aromatic N) is 2. The molecule has 0 bridgehead atoms. The summed E-state index contributed by atoms with van der Waals surface area (Å²) in [5.41, 5.74) is -2.96. The van der Waals surface area contributed by atoms with Crippen LogP contribution in [0.15, 0.2) is 47.4 Å². The second-order valence-electron chi connectivity index (χ2n) is 7.61. The van der Waals surface area contributed by atoms with E-state index in [1.807, 2.05) is 0 Å². The molecular formula is C20H16F4N2O4S. The zero-order valence-corrected chi connectivity index (χ0v) is 17.1. The fourth-order valence-corrected chi connectivity index (χ4v) is 4.83. The van der Waals surface area contributed by atoms with Crippen LogP contribution in [0.25, 0.3) is 0 Å². The fourth-order valence-electron chi connectivity index (χ4n) is 3.23. The minimum atomic E-state index is -4.83. The van der Waals surface area contributed by atoms with Gasteiger partial charge in [0.05, 0.1) is 22.1 Å². The molecule has 1 unspecified atom stereocenters. The van der Waals surface area contributed by atoms with Gasteiger partial charge in [0.25, 0.3) is 15.9 Å². The third kappa shape index (κ3) is 4.20. The van der Waals surface area contributed by atoms with Gasteiger partial charge in [-0.15, -0.1) is 0 Å². The fraction of sp³-hybridized carbons (Fsp3) is 0.300. The number of halogens is 4. The number of ether oxygens (including phenoxy) is 1. The molecule has 1 aliphatic heterocycles. The van der Waals surface area contributed by atoms with Gasteiger partial charge in [-0.3, -0.25) is 4.79 Å². The lowest BCUT2D eigenvalue weighted by molar-refractivity contribution is -0.137. The van der Waals surface area contributed by atoms with Gasteiger partial charge in [-0.2, -0.15) is 18.4 Å². The Kier molecular flexibility index (Phi) is 5.48. The van der Waals surface area contributed by atoms with Gasteiger partial charge < -0.3 is 4.74 Å². The number of benzene rings is 2. The largest absolute Gasteiger partial charge is 0.480 e. The van der Waals surface area contributed by atoms with Crippen LogP contribution < -0.4 is 4.74 Å². The molecule has 0 saturated carbocycles. The van der Waals surface area contributed by atoms with Crippen LogP contribution in [0.3, 0.4) is 0 Å². The molecule has 31 heavy (non-hydrogen) atoms. The average molecular weight is 456 g/mol. The van der Waals surface area contributed by atoms with Crippen molar-refractivity contribution in [2.24, 2.45) is 5.41 Å². The Morgan fingerprint density at radius 1 is 1.19 bits per heavy atom. The molecule has 0 spiro atoms. The van der Waals surface area contributed by atoms with Gasteiger partial charge >= 0.3 is 6.18 Å². The molecule has 1 amide bonds. The second-order valence-corrected chi connectivity index (χ2v) is 9.47. The number of rotatable bonds is 4. The lowest BCUT2D eigenvalue weighted by Crippen LogP contribution is -2.38. The van der Waals surface area contributed by atoms with Gasteiger partial charge in [-0.25, -0.2) is 17.1 Å². The normalized spacial score (nSPS) is 18.7. The Labute approximate surface area is 175 Å². The second kappa shape index (κ2) is 7.53. The molecule has 0 radical (unpaired) electrons. The molecule has 3 rings (SSSR count). The van der Waals surface area contributed by atoms with Crippen LogP contribution in [-0.4, -0.2) is 31.3 Å². The summed E-state index contributed by atoms with van der Waals surface area (Å²) in [5, 5.41) is 8.89. The number of carbonyl (C=O) groups is 1. The molecule has 1 fully saturated rings. The van der Waals surface area contributed by atoms with Crippen molar-refractivity contribution in [2.45, 2.75) is 31.0 Å². The molecule has 11 heteroatoms. The quantitative estimate of drug-likeness (QED) is 0.655. The molecular weight excluding hydrogens is 440 g/mol. The topological polar surface area (TPSA) is 87.5 Å². The van der Waals surface area contributed by atoms with Crippen LogP contribution >= 0.6 is 0 Å². The van der Waals surface area contributed by atoms with Crippen molar-refractivity contribution >= 4 is 15.9 Å². The van der Waals surface area contributed by atoms with Crippen LogP contribution in [-0.2, 0) is 21.0 Å². The number of nitriles is 1. The van der Waals surface area contributed by atoms with Crippen molar-refractivity contribution < 1.29 is 35.5 Å². The number of hydrogen-bond donors (Lipinski definition) is 0. The lowest BCUT2D eigenvalue weighted by Gasteiger charge is -2.24. The van der Waals surface area contributed by atoms with Crippen LogP contribution in [0.4, 0.5) is 17.6 Å². The first-order valence-electron chi connectivity index (χ1n) is 8.87. The van der Waals surface area contributed by atoms with Gasteiger partial charge in [0.1, 0.15) is 11.6 Å². The number of carbonyl (C=O) groups excluding carboxylic acids is 1. The molecule has 2 aromatic rings. The van der Waals surface area contributed by atoms with E-state index in [-0.39, 0.29) is 12.3 Å². The van der Waals surface area contributed by atoms with Gasteiger partial charge in [0.2, 0.25) is 0 Å². The van der Waals surface area contributed by atoms with Crippen molar-refractivity contribution in [3.63, 3.8) is 0 Å². The SMILES string of the molecule is CC1(C)CN(S(=O)(=O)c2cccc(F)c2)C(=O)C1Oc1ccc(C#N)c(C(F)(F)F)c1. The highest BCUT2D eigenvalue weighted by atomic mass is 32.2. The van der Waals surface area contributed by atoms with Crippen molar-refractivity contribution in [2.75, 3.05) is 6.54 Å². The Hall–Kier alpha value is -3.13. The number of sulfonamides is 1. The number of hydrogen-bond acceptors (Lipinski definition) is 5. The summed E-state index contributed by atoms with van der Waals surface area (Å²) in [6, 6.07) is 8.15. The molecule has 6 nitrogen and oxygen atoms in total. The molecule has 0 N–H and O–H groups in total. The lowest BCUT2D eigenvalue weighted by atomic mass is 9.89. The molecule has 1 aliphatic rings. The Morgan fingerprint density at radius 2 is 1.87 bits per heavy atom. The van der Waals surface area contributed by atoms with Crippen molar-refractivity contribution in [3.05, 3.63) is 59.4 Å². The van der Waals surface area contributed by atoms with E-state index in [9.17, 15) is 30.8 Å². The van der Waals surface area contributed by atoms with E-state index in [4.69, 9.17) is 10.00 Å². The van der Waals surface area contributed by atoms with E-state index >= 15 is 0 Å². The maximum atomic E-state index is 13.5. The monoisotopic (exact) mass is 456 g/mol. The van der Waals surface area contributed by atoms with E-state index in [1.54, 1.807) is 0 Å². The first-order chi connectivity index (χ1) is 14.3.